The van der Waals surface area contributed by atoms with E-state index in [0.29, 0.717) is 12.2 Å². The average Bonchev–Trinajstić information content (AvgIpc) is 2.75. The number of amides is 1. The van der Waals surface area contributed by atoms with E-state index in [1.54, 1.807) is 12.1 Å². The third-order valence-corrected chi connectivity index (χ3v) is 4.15. The van der Waals surface area contributed by atoms with Gasteiger partial charge >= 0.3 is 5.97 Å². The van der Waals surface area contributed by atoms with Crippen molar-refractivity contribution in [3.05, 3.63) is 95.6 Å². The fraction of sp³-hybridized carbons (Fsp3) is 0.130. The molecule has 0 unspecified atom stereocenters. The van der Waals surface area contributed by atoms with Crippen LogP contribution < -0.4 is 10.1 Å². The van der Waals surface area contributed by atoms with Crippen LogP contribution in [0.5, 0.6) is 5.75 Å². The minimum absolute atomic E-state index is 0.410. The summed E-state index contributed by atoms with van der Waals surface area (Å²) in [6.45, 7) is -1.10. The van der Waals surface area contributed by atoms with Gasteiger partial charge in [-0.25, -0.2) is 13.6 Å². The van der Waals surface area contributed by atoms with Gasteiger partial charge in [0.15, 0.2) is 13.2 Å². The fourth-order valence-electron chi connectivity index (χ4n) is 2.72. The first-order chi connectivity index (χ1) is 14.5. The largest absolute Gasteiger partial charge is 0.482 e. The summed E-state index contributed by atoms with van der Waals surface area (Å²) in [5.41, 5.74) is 1.39. The lowest BCUT2D eigenvalue weighted by molar-refractivity contribution is -0.149. The molecule has 0 atom stereocenters. The summed E-state index contributed by atoms with van der Waals surface area (Å²) in [4.78, 5) is 23.7. The Morgan fingerprint density at radius 2 is 1.47 bits per heavy atom. The first-order valence-corrected chi connectivity index (χ1v) is 9.17. The zero-order chi connectivity index (χ0) is 21.3. The highest BCUT2D eigenvalue weighted by Crippen LogP contribution is 2.21. The van der Waals surface area contributed by atoms with Gasteiger partial charge in [0.1, 0.15) is 23.1 Å². The van der Waals surface area contributed by atoms with E-state index < -0.39 is 42.4 Å². The lowest BCUT2D eigenvalue weighted by atomic mass is 10.0. The van der Waals surface area contributed by atoms with Crippen LogP contribution in [0.25, 0.3) is 0 Å². The van der Waals surface area contributed by atoms with Crippen LogP contribution in [0.1, 0.15) is 11.1 Å². The van der Waals surface area contributed by atoms with Gasteiger partial charge in [0, 0.05) is 6.42 Å². The molecule has 0 heterocycles. The van der Waals surface area contributed by atoms with Gasteiger partial charge in [0.25, 0.3) is 5.91 Å². The Kier molecular flexibility index (Phi) is 7.10. The number of carbonyl (C=O) groups is 2. The van der Waals surface area contributed by atoms with Crippen molar-refractivity contribution in [2.45, 2.75) is 6.42 Å². The SMILES string of the molecule is O=C(COC(=O)COc1ccccc1Cc1ccccc1)Nc1c(F)cccc1F. The van der Waals surface area contributed by atoms with E-state index in [2.05, 4.69) is 0 Å². The zero-order valence-electron chi connectivity index (χ0n) is 15.9. The number of hydrogen-bond acceptors (Lipinski definition) is 4. The van der Waals surface area contributed by atoms with E-state index >= 15 is 0 Å². The second kappa shape index (κ2) is 10.2. The van der Waals surface area contributed by atoms with E-state index in [1.165, 1.54) is 6.07 Å². The molecule has 0 saturated carbocycles. The maximum absolute atomic E-state index is 13.5. The van der Waals surface area contributed by atoms with Crippen LogP contribution in [0.15, 0.2) is 72.8 Å². The summed E-state index contributed by atoms with van der Waals surface area (Å²) < 4.78 is 37.4. The lowest BCUT2D eigenvalue weighted by Gasteiger charge is -2.12. The first kappa shape index (κ1) is 21.0. The number of para-hydroxylation sites is 2. The summed E-state index contributed by atoms with van der Waals surface area (Å²) >= 11 is 0. The highest BCUT2D eigenvalue weighted by molar-refractivity contribution is 5.93. The topological polar surface area (TPSA) is 64.6 Å². The molecule has 7 heteroatoms. The number of anilines is 1. The summed E-state index contributed by atoms with van der Waals surface area (Å²) in [5.74, 6) is -2.97. The Morgan fingerprint density at radius 3 is 2.20 bits per heavy atom. The number of hydrogen-bond donors (Lipinski definition) is 1. The number of ether oxygens (including phenoxy) is 2. The Labute approximate surface area is 172 Å². The Balaban J connectivity index is 1.50. The fourth-order valence-corrected chi connectivity index (χ4v) is 2.72. The second-order valence-corrected chi connectivity index (χ2v) is 6.36. The third kappa shape index (κ3) is 5.88. The molecule has 0 aromatic heterocycles. The molecule has 0 radical (unpaired) electrons. The highest BCUT2D eigenvalue weighted by atomic mass is 19.1. The summed E-state index contributed by atoms with van der Waals surface area (Å²) in [5, 5.41) is 2.04. The molecule has 0 aliphatic heterocycles. The standard InChI is InChI=1S/C23H19F2NO4/c24-18-10-6-11-19(25)23(18)26-21(27)14-30-22(28)15-29-20-12-5-4-9-17(20)13-16-7-2-1-3-8-16/h1-12H,13-15H2,(H,26,27). The van der Waals surface area contributed by atoms with Gasteiger partial charge in [-0.2, -0.15) is 0 Å². The van der Waals surface area contributed by atoms with Gasteiger partial charge in [0.05, 0.1) is 0 Å². The predicted octanol–water partition coefficient (Wildman–Crippen LogP) is 4.12. The maximum atomic E-state index is 13.5. The summed E-state index contributed by atoms with van der Waals surface area (Å²) in [6, 6.07) is 20.3. The van der Waals surface area contributed by atoms with Crippen LogP contribution in [0.3, 0.4) is 0 Å². The first-order valence-electron chi connectivity index (χ1n) is 9.17. The minimum Gasteiger partial charge on any atom is -0.482 e. The molecule has 0 saturated heterocycles. The second-order valence-electron chi connectivity index (χ2n) is 6.36. The number of halogens is 2. The molecule has 0 spiro atoms. The molecule has 3 rings (SSSR count). The van der Waals surface area contributed by atoms with Gasteiger partial charge in [-0.1, -0.05) is 54.6 Å². The Morgan fingerprint density at radius 1 is 0.800 bits per heavy atom. The van der Waals surface area contributed by atoms with Crippen LogP contribution in [0.4, 0.5) is 14.5 Å². The molecule has 30 heavy (non-hydrogen) atoms. The van der Waals surface area contributed by atoms with Crippen molar-refractivity contribution < 1.29 is 27.8 Å². The summed E-state index contributed by atoms with van der Waals surface area (Å²) in [6.07, 6.45) is 0.628. The van der Waals surface area contributed by atoms with Crippen molar-refractivity contribution in [3.63, 3.8) is 0 Å². The molecule has 0 bridgehead atoms. The Bertz CT molecular complexity index is 1000. The van der Waals surface area contributed by atoms with E-state index in [4.69, 9.17) is 9.47 Å². The number of benzene rings is 3. The van der Waals surface area contributed by atoms with E-state index in [0.717, 1.165) is 23.3 Å². The molecule has 3 aromatic carbocycles. The zero-order valence-corrected chi connectivity index (χ0v) is 15.9. The highest BCUT2D eigenvalue weighted by Gasteiger charge is 2.14. The maximum Gasteiger partial charge on any atom is 0.344 e. The van der Waals surface area contributed by atoms with Crippen molar-refractivity contribution >= 4 is 17.6 Å². The van der Waals surface area contributed by atoms with E-state index in [1.807, 2.05) is 47.8 Å². The smallest absolute Gasteiger partial charge is 0.344 e. The molecule has 1 amide bonds. The van der Waals surface area contributed by atoms with Crippen molar-refractivity contribution in [1.29, 1.82) is 0 Å². The van der Waals surface area contributed by atoms with Crippen molar-refractivity contribution in [2.75, 3.05) is 18.5 Å². The molecule has 5 nitrogen and oxygen atoms in total. The van der Waals surface area contributed by atoms with E-state index in [9.17, 15) is 18.4 Å². The molecular formula is C23H19F2NO4. The van der Waals surface area contributed by atoms with E-state index in [-0.39, 0.29) is 0 Å². The Hall–Kier alpha value is -3.74. The monoisotopic (exact) mass is 411 g/mol. The van der Waals surface area contributed by atoms with Gasteiger partial charge in [-0.3, -0.25) is 4.79 Å². The molecule has 0 aliphatic carbocycles. The molecule has 1 N–H and O–H groups in total. The number of esters is 1. The lowest BCUT2D eigenvalue weighted by Crippen LogP contribution is -2.24. The number of carbonyl (C=O) groups excluding carboxylic acids is 2. The van der Waals surface area contributed by atoms with Crippen LogP contribution in [-0.4, -0.2) is 25.1 Å². The molecule has 0 aliphatic rings. The predicted molar refractivity (Wildman–Crippen MR) is 107 cm³/mol. The van der Waals surface area contributed by atoms with Crippen molar-refractivity contribution in [2.24, 2.45) is 0 Å². The van der Waals surface area contributed by atoms with Crippen LogP contribution in [0.2, 0.25) is 0 Å². The van der Waals surface area contributed by atoms with Crippen LogP contribution >= 0.6 is 0 Å². The normalized spacial score (nSPS) is 10.3. The van der Waals surface area contributed by atoms with Crippen LogP contribution in [0, 0.1) is 11.6 Å². The van der Waals surface area contributed by atoms with Crippen molar-refractivity contribution in [3.8, 4) is 5.75 Å². The molecule has 0 fully saturated rings. The van der Waals surface area contributed by atoms with Gasteiger partial charge in [0.2, 0.25) is 0 Å². The third-order valence-electron chi connectivity index (χ3n) is 4.15. The molecule has 154 valence electrons. The molecular weight excluding hydrogens is 392 g/mol. The van der Waals surface area contributed by atoms with Gasteiger partial charge < -0.3 is 14.8 Å². The summed E-state index contributed by atoms with van der Waals surface area (Å²) in [7, 11) is 0. The quantitative estimate of drug-likeness (QED) is 0.567. The van der Waals surface area contributed by atoms with Gasteiger partial charge in [-0.15, -0.1) is 0 Å². The van der Waals surface area contributed by atoms with Gasteiger partial charge in [-0.05, 0) is 29.3 Å². The van der Waals surface area contributed by atoms with Crippen LogP contribution in [-0.2, 0) is 20.7 Å². The number of rotatable bonds is 8. The minimum atomic E-state index is -0.923. The van der Waals surface area contributed by atoms with Crippen molar-refractivity contribution in [1.82, 2.24) is 0 Å². The number of nitrogens with one attached hydrogen (secondary N) is 1. The average molecular weight is 411 g/mol. The molecule has 3 aromatic rings.